The lowest BCUT2D eigenvalue weighted by Crippen LogP contribution is -2.15. The van der Waals surface area contributed by atoms with Gasteiger partial charge >= 0.3 is 0 Å². The molecule has 0 fully saturated rings. The first-order valence-corrected chi connectivity index (χ1v) is 8.81. The van der Waals surface area contributed by atoms with E-state index in [-0.39, 0.29) is 9.92 Å². The fourth-order valence-corrected chi connectivity index (χ4v) is 4.25. The maximum absolute atomic E-state index is 12.5. The van der Waals surface area contributed by atoms with E-state index in [1.54, 1.807) is 19.2 Å². The van der Waals surface area contributed by atoms with Gasteiger partial charge in [-0.3, -0.25) is 9.19 Å². The van der Waals surface area contributed by atoms with Crippen molar-refractivity contribution in [1.82, 2.24) is 14.3 Å². The highest BCUT2D eigenvalue weighted by atomic mass is 32.2. The van der Waals surface area contributed by atoms with Crippen molar-refractivity contribution >= 4 is 20.8 Å². The largest absolute Gasteiger partial charge is 0.316 e. The maximum atomic E-state index is 12.5. The normalized spacial score (nSPS) is 13.3. The molecule has 0 bridgehead atoms. The average molecular weight is 313 g/mol. The Morgan fingerprint density at radius 1 is 1.45 bits per heavy atom. The van der Waals surface area contributed by atoms with Crippen LogP contribution in [0.2, 0.25) is 0 Å². The van der Waals surface area contributed by atoms with Crippen LogP contribution in [0.15, 0.2) is 46.7 Å². The summed E-state index contributed by atoms with van der Waals surface area (Å²) in [4.78, 5) is 3.88. The Morgan fingerprint density at radius 3 is 2.75 bits per heavy atom. The molecule has 0 aliphatic carbocycles. The van der Waals surface area contributed by atoms with E-state index < -0.39 is 20.8 Å². The minimum Gasteiger partial charge on any atom is -0.316 e. The lowest BCUT2D eigenvalue weighted by atomic mass is 10.3. The average Bonchev–Trinajstić information content (AvgIpc) is 2.85. The Kier molecular flexibility index (Phi) is 4.36. The van der Waals surface area contributed by atoms with Crippen LogP contribution in [0.25, 0.3) is 0 Å². The number of hydrogen-bond donors (Lipinski definition) is 1. The summed E-state index contributed by atoms with van der Waals surface area (Å²) in [5.74, 6) is 0. The molecule has 2 heterocycles. The van der Waals surface area contributed by atoms with Gasteiger partial charge in [-0.25, -0.2) is 12.4 Å². The molecule has 0 amide bonds. The number of rotatable bonds is 5. The van der Waals surface area contributed by atoms with Gasteiger partial charge in [-0.15, -0.1) is 0 Å². The van der Waals surface area contributed by atoms with Gasteiger partial charge in [-0.2, -0.15) is 0 Å². The summed E-state index contributed by atoms with van der Waals surface area (Å²) in [6.45, 7) is 0.500. The van der Waals surface area contributed by atoms with Gasteiger partial charge in [0.05, 0.1) is 10.8 Å². The Bertz CT molecular complexity index is 724. The van der Waals surface area contributed by atoms with Crippen LogP contribution < -0.4 is 5.32 Å². The predicted octanol–water partition coefficient (Wildman–Crippen LogP) is 0.577. The van der Waals surface area contributed by atoms with Crippen LogP contribution in [0.1, 0.15) is 5.56 Å². The van der Waals surface area contributed by atoms with Crippen LogP contribution in [0.4, 0.5) is 0 Å². The highest BCUT2D eigenvalue weighted by Crippen LogP contribution is 2.20. The van der Waals surface area contributed by atoms with Gasteiger partial charge < -0.3 is 5.32 Å². The lowest BCUT2D eigenvalue weighted by molar-refractivity contribution is 0.582. The minimum absolute atomic E-state index is 0.0679. The third-order valence-corrected chi connectivity index (χ3v) is 5.35. The van der Waals surface area contributed by atoms with Crippen LogP contribution in [-0.2, 0) is 27.4 Å². The number of nitrogens with zero attached hydrogens (tertiary/aromatic N) is 2. The molecule has 0 aromatic carbocycles. The van der Waals surface area contributed by atoms with Crippen molar-refractivity contribution in [2.45, 2.75) is 16.5 Å². The number of hydrogen-bond acceptors (Lipinski definition) is 5. The topological polar surface area (TPSA) is 81.1 Å². The van der Waals surface area contributed by atoms with Gasteiger partial charge in [0.1, 0.15) is 9.92 Å². The van der Waals surface area contributed by atoms with E-state index in [0.29, 0.717) is 6.54 Å². The summed E-state index contributed by atoms with van der Waals surface area (Å²) in [6.07, 6.45) is 5.71. The molecule has 2 aromatic rings. The quantitative estimate of drug-likeness (QED) is 0.873. The molecule has 2 rings (SSSR count). The third-order valence-electron chi connectivity index (χ3n) is 2.68. The van der Waals surface area contributed by atoms with Crippen LogP contribution in [0.3, 0.4) is 0 Å². The zero-order valence-corrected chi connectivity index (χ0v) is 12.7. The predicted molar refractivity (Wildman–Crippen MR) is 76.3 cm³/mol. The summed E-state index contributed by atoms with van der Waals surface area (Å²) in [6, 6.07) is 4.64. The molecule has 0 aliphatic heterocycles. The van der Waals surface area contributed by atoms with Gasteiger partial charge in [0.15, 0.2) is 0 Å². The van der Waals surface area contributed by atoms with Crippen molar-refractivity contribution in [1.29, 1.82) is 0 Å². The number of nitrogens with one attached hydrogen (secondary N) is 1. The van der Waals surface area contributed by atoms with Gasteiger partial charge in [-0.05, 0) is 30.8 Å². The lowest BCUT2D eigenvalue weighted by Gasteiger charge is -2.08. The van der Waals surface area contributed by atoms with Crippen LogP contribution >= 0.6 is 0 Å². The van der Waals surface area contributed by atoms with E-state index in [1.807, 2.05) is 0 Å². The maximum Gasteiger partial charge on any atom is 0.270 e. The molecule has 108 valence electrons. The molecule has 2 aromatic heterocycles. The van der Waals surface area contributed by atoms with Gasteiger partial charge in [0, 0.05) is 31.4 Å². The molecule has 1 N–H and O–H groups in total. The van der Waals surface area contributed by atoms with Gasteiger partial charge in [-0.1, -0.05) is 0 Å². The summed E-state index contributed by atoms with van der Waals surface area (Å²) < 4.78 is 37.9. The molecule has 0 aliphatic rings. The van der Waals surface area contributed by atoms with Crippen molar-refractivity contribution < 1.29 is 12.6 Å². The second-order valence-electron chi connectivity index (χ2n) is 4.16. The SMILES string of the molecule is CNCc1cc(S(C)=O)n(S(=O)(=O)c2cccnc2)c1. The molecule has 20 heavy (non-hydrogen) atoms. The first-order valence-electron chi connectivity index (χ1n) is 5.81. The van der Waals surface area contributed by atoms with Crippen molar-refractivity contribution in [2.24, 2.45) is 0 Å². The summed E-state index contributed by atoms with van der Waals surface area (Å²) in [5, 5.41) is 3.18. The van der Waals surface area contributed by atoms with E-state index in [4.69, 9.17) is 0 Å². The molecule has 1 unspecified atom stereocenters. The molecule has 8 heteroatoms. The fourth-order valence-electron chi connectivity index (χ4n) is 1.79. The Morgan fingerprint density at radius 2 is 2.20 bits per heavy atom. The van der Waals surface area contributed by atoms with Gasteiger partial charge in [0.25, 0.3) is 10.0 Å². The van der Waals surface area contributed by atoms with Crippen LogP contribution in [0.5, 0.6) is 0 Å². The Hall–Kier alpha value is -1.51. The molecule has 0 radical (unpaired) electrons. The standard InChI is InChI=1S/C12H15N3O3S2/c1-13-7-10-6-12(19(2)16)15(9-10)20(17,18)11-4-3-5-14-8-11/h3-6,8-9,13H,7H2,1-2H3. The summed E-state index contributed by atoms with van der Waals surface area (Å²) in [5.41, 5.74) is 0.755. The van der Waals surface area contributed by atoms with E-state index in [2.05, 4.69) is 10.3 Å². The van der Waals surface area contributed by atoms with Crippen LogP contribution in [0, 0.1) is 0 Å². The highest BCUT2D eigenvalue weighted by Gasteiger charge is 2.22. The summed E-state index contributed by atoms with van der Waals surface area (Å²) >= 11 is 0. The zero-order chi connectivity index (χ0) is 14.8. The fraction of sp³-hybridized carbons (Fsp3) is 0.250. The van der Waals surface area contributed by atoms with E-state index in [1.165, 1.54) is 30.9 Å². The number of aromatic nitrogens is 2. The molecule has 6 nitrogen and oxygen atoms in total. The van der Waals surface area contributed by atoms with Crippen molar-refractivity contribution in [3.05, 3.63) is 42.4 Å². The first-order chi connectivity index (χ1) is 9.46. The zero-order valence-electron chi connectivity index (χ0n) is 11.1. The Balaban J connectivity index is 2.59. The molecule has 0 saturated carbocycles. The highest BCUT2D eigenvalue weighted by molar-refractivity contribution is 7.91. The van der Waals surface area contributed by atoms with E-state index in [9.17, 15) is 12.6 Å². The second kappa shape index (κ2) is 5.86. The van der Waals surface area contributed by atoms with Crippen molar-refractivity contribution in [3.8, 4) is 0 Å². The molecular weight excluding hydrogens is 298 g/mol. The molecule has 1 atom stereocenters. The smallest absolute Gasteiger partial charge is 0.270 e. The van der Waals surface area contributed by atoms with Crippen molar-refractivity contribution in [2.75, 3.05) is 13.3 Å². The number of pyridine rings is 1. The molecular formula is C12H15N3O3S2. The Labute approximate surface area is 120 Å². The second-order valence-corrected chi connectivity index (χ2v) is 7.30. The first kappa shape index (κ1) is 14.9. The minimum atomic E-state index is -3.78. The molecule has 0 spiro atoms. The van der Waals surface area contributed by atoms with E-state index in [0.717, 1.165) is 9.54 Å². The van der Waals surface area contributed by atoms with Gasteiger partial charge in [0.2, 0.25) is 0 Å². The summed E-state index contributed by atoms with van der Waals surface area (Å²) in [7, 11) is -3.43. The van der Waals surface area contributed by atoms with E-state index >= 15 is 0 Å². The monoisotopic (exact) mass is 313 g/mol. The third kappa shape index (κ3) is 2.82. The molecule has 0 saturated heterocycles. The van der Waals surface area contributed by atoms with Crippen LogP contribution in [-0.4, -0.2) is 34.9 Å². The van der Waals surface area contributed by atoms with Crippen molar-refractivity contribution in [3.63, 3.8) is 0 Å².